The topological polar surface area (TPSA) is 48.4 Å². The molecule has 1 saturated heterocycles. The molecular weight excluding hydrogens is 400 g/mol. The highest BCUT2D eigenvalue weighted by Gasteiger charge is 2.21. The summed E-state index contributed by atoms with van der Waals surface area (Å²) in [5.41, 5.74) is 2.48. The molecule has 1 fully saturated rings. The highest BCUT2D eigenvalue weighted by atomic mass is 35.5. The van der Waals surface area contributed by atoms with Gasteiger partial charge in [-0.05, 0) is 48.7 Å². The van der Waals surface area contributed by atoms with Gasteiger partial charge in [0.15, 0.2) is 0 Å². The number of nitrogens with one attached hydrogen (secondary N) is 2. The molecule has 0 saturated carbocycles. The number of ether oxygens (including phenoxy) is 1. The lowest BCUT2D eigenvalue weighted by Crippen LogP contribution is -2.23. The maximum absolute atomic E-state index is 13.2. The van der Waals surface area contributed by atoms with Crippen molar-refractivity contribution >= 4 is 34.8 Å². The van der Waals surface area contributed by atoms with Crippen molar-refractivity contribution in [3.8, 4) is 0 Å². The van der Waals surface area contributed by atoms with Crippen LogP contribution in [0.25, 0.3) is 0 Å². The second-order valence-electron chi connectivity index (χ2n) is 6.89. The zero-order chi connectivity index (χ0) is 19.9. The minimum absolute atomic E-state index is 0.0749. The minimum Gasteiger partial charge on any atom is -0.478 e. The smallest absolute Gasteiger partial charge is 0.215 e. The Labute approximate surface area is 175 Å². The van der Waals surface area contributed by atoms with Crippen LogP contribution >= 0.6 is 23.2 Å². The quantitative estimate of drug-likeness (QED) is 0.340. The summed E-state index contributed by atoms with van der Waals surface area (Å²) in [5, 5.41) is 12.9. The Kier molecular flexibility index (Phi) is 7.54. The van der Waals surface area contributed by atoms with E-state index in [0.29, 0.717) is 41.7 Å². The van der Waals surface area contributed by atoms with E-state index in [1.807, 2.05) is 30.3 Å². The third-order valence-corrected chi connectivity index (χ3v) is 5.19. The fraction of sp³-hybridized carbons (Fsp3) is 0.381. The molecule has 1 aliphatic rings. The number of hydrogen-bond acceptors (Lipinski definition) is 4. The first-order valence-corrected chi connectivity index (χ1v) is 10.1. The second-order valence-corrected chi connectivity index (χ2v) is 7.76. The lowest BCUT2D eigenvalue weighted by Gasteiger charge is -2.16. The molecule has 3 rings (SSSR count). The predicted octanol–water partition coefficient (Wildman–Crippen LogP) is 5.38. The zero-order valence-electron chi connectivity index (χ0n) is 15.6. The van der Waals surface area contributed by atoms with Crippen molar-refractivity contribution in [2.24, 2.45) is 0 Å². The Morgan fingerprint density at radius 1 is 1.18 bits per heavy atom. The van der Waals surface area contributed by atoms with Crippen LogP contribution in [0.2, 0.25) is 10.0 Å². The van der Waals surface area contributed by atoms with Gasteiger partial charge in [0.25, 0.3) is 0 Å². The van der Waals surface area contributed by atoms with Crippen molar-refractivity contribution < 1.29 is 9.13 Å². The van der Waals surface area contributed by atoms with Crippen molar-refractivity contribution in [1.82, 2.24) is 4.90 Å². The molecular formula is C21H24Cl2FN3O. The monoisotopic (exact) mass is 423 g/mol. The summed E-state index contributed by atoms with van der Waals surface area (Å²) in [6.45, 7) is 3.09. The van der Waals surface area contributed by atoms with Crippen LogP contribution in [0.5, 0.6) is 0 Å². The molecule has 2 aromatic rings. The van der Waals surface area contributed by atoms with E-state index in [4.69, 9.17) is 33.3 Å². The summed E-state index contributed by atoms with van der Waals surface area (Å²) < 4.78 is 18.8. The second kappa shape index (κ2) is 10.1. The first kappa shape index (κ1) is 20.9. The van der Waals surface area contributed by atoms with Crippen molar-refractivity contribution in [3.05, 3.63) is 63.6 Å². The first-order valence-electron chi connectivity index (χ1n) is 9.37. The Morgan fingerprint density at radius 2 is 1.93 bits per heavy atom. The normalized spacial score (nSPS) is 16.9. The maximum Gasteiger partial charge on any atom is 0.215 e. The molecule has 1 unspecified atom stereocenters. The van der Waals surface area contributed by atoms with Crippen LogP contribution in [0.1, 0.15) is 24.0 Å². The third kappa shape index (κ3) is 6.09. The molecule has 4 nitrogen and oxygen atoms in total. The predicted molar refractivity (Wildman–Crippen MR) is 114 cm³/mol. The number of alkyl halides is 1. The van der Waals surface area contributed by atoms with Gasteiger partial charge < -0.3 is 15.0 Å². The van der Waals surface area contributed by atoms with Gasteiger partial charge in [-0.15, -0.1) is 0 Å². The molecule has 2 N–H and O–H groups in total. The SMILES string of the molecule is N=C(OCCCN1CCC(F)C1)c1cc(Cl)ccc1NCc1ccc(Cl)cc1. The van der Waals surface area contributed by atoms with E-state index < -0.39 is 6.17 Å². The summed E-state index contributed by atoms with van der Waals surface area (Å²) >= 11 is 12.0. The molecule has 0 spiro atoms. The van der Waals surface area contributed by atoms with E-state index in [1.54, 1.807) is 12.1 Å². The molecule has 0 aliphatic carbocycles. The largest absolute Gasteiger partial charge is 0.478 e. The van der Waals surface area contributed by atoms with E-state index in [0.717, 1.165) is 30.8 Å². The molecule has 1 heterocycles. The number of hydrogen-bond donors (Lipinski definition) is 2. The van der Waals surface area contributed by atoms with Gasteiger partial charge in [-0.3, -0.25) is 5.41 Å². The van der Waals surface area contributed by atoms with E-state index in [9.17, 15) is 4.39 Å². The molecule has 7 heteroatoms. The molecule has 2 aromatic carbocycles. The van der Waals surface area contributed by atoms with Gasteiger partial charge in [-0.1, -0.05) is 35.3 Å². The van der Waals surface area contributed by atoms with Crippen molar-refractivity contribution in [2.45, 2.75) is 25.6 Å². The van der Waals surface area contributed by atoms with E-state index in [1.165, 1.54) is 0 Å². The Bertz CT molecular complexity index is 801. The van der Waals surface area contributed by atoms with Gasteiger partial charge in [-0.2, -0.15) is 0 Å². The zero-order valence-corrected chi connectivity index (χ0v) is 17.1. The molecule has 0 amide bonds. The highest BCUT2D eigenvalue weighted by Crippen LogP contribution is 2.23. The Balaban J connectivity index is 1.53. The Hall–Kier alpha value is -1.82. The van der Waals surface area contributed by atoms with Gasteiger partial charge in [0.05, 0.1) is 12.2 Å². The van der Waals surface area contributed by atoms with Crippen LogP contribution in [0.3, 0.4) is 0 Å². The summed E-state index contributed by atoms with van der Waals surface area (Å²) in [7, 11) is 0. The maximum atomic E-state index is 13.2. The molecule has 1 atom stereocenters. The number of benzene rings is 2. The van der Waals surface area contributed by atoms with E-state index in [-0.39, 0.29) is 5.90 Å². The number of halogens is 3. The average molecular weight is 424 g/mol. The van der Waals surface area contributed by atoms with Crippen LogP contribution in [0, 0.1) is 5.41 Å². The van der Waals surface area contributed by atoms with Crippen molar-refractivity contribution in [2.75, 3.05) is 31.6 Å². The van der Waals surface area contributed by atoms with E-state index in [2.05, 4.69) is 10.2 Å². The summed E-state index contributed by atoms with van der Waals surface area (Å²) in [6.07, 6.45) is 0.658. The third-order valence-electron chi connectivity index (χ3n) is 4.70. The lowest BCUT2D eigenvalue weighted by molar-refractivity contribution is 0.242. The van der Waals surface area contributed by atoms with Crippen LogP contribution in [0.4, 0.5) is 10.1 Å². The first-order chi connectivity index (χ1) is 13.5. The van der Waals surface area contributed by atoms with Gasteiger partial charge in [0.2, 0.25) is 5.90 Å². The fourth-order valence-corrected chi connectivity index (χ4v) is 3.48. The Morgan fingerprint density at radius 3 is 2.64 bits per heavy atom. The van der Waals surface area contributed by atoms with Crippen molar-refractivity contribution in [1.29, 1.82) is 5.41 Å². The van der Waals surface area contributed by atoms with Gasteiger partial charge in [0.1, 0.15) is 6.17 Å². The van der Waals surface area contributed by atoms with Crippen LogP contribution < -0.4 is 5.32 Å². The lowest BCUT2D eigenvalue weighted by atomic mass is 10.1. The number of rotatable bonds is 8. The van der Waals surface area contributed by atoms with Crippen LogP contribution in [0.15, 0.2) is 42.5 Å². The van der Waals surface area contributed by atoms with E-state index >= 15 is 0 Å². The average Bonchev–Trinajstić information content (AvgIpc) is 3.10. The molecule has 0 bridgehead atoms. The number of likely N-dealkylation sites (tertiary alicyclic amines) is 1. The summed E-state index contributed by atoms with van der Waals surface area (Å²) in [4.78, 5) is 2.09. The molecule has 0 radical (unpaired) electrons. The molecule has 1 aliphatic heterocycles. The standard InChI is InChI=1S/C21H24Cl2FN3O/c22-16-4-2-15(3-5-16)13-26-20-7-6-17(23)12-19(20)21(25)28-11-1-9-27-10-8-18(24)14-27/h2-7,12,18,25-26H,1,8-11,13-14H2. The van der Waals surface area contributed by atoms with Crippen molar-refractivity contribution in [3.63, 3.8) is 0 Å². The highest BCUT2D eigenvalue weighted by molar-refractivity contribution is 6.31. The van der Waals surface area contributed by atoms with Gasteiger partial charge in [0, 0.05) is 41.9 Å². The fourth-order valence-electron chi connectivity index (χ4n) is 3.19. The molecule has 0 aromatic heterocycles. The molecule has 150 valence electrons. The van der Waals surface area contributed by atoms with Crippen LogP contribution in [-0.2, 0) is 11.3 Å². The molecule has 28 heavy (non-hydrogen) atoms. The number of anilines is 1. The minimum atomic E-state index is -0.708. The van der Waals surface area contributed by atoms with Crippen LogP contribution in [-0.4, -0.2) is 43.2 Å². The number of nitrogens with zero attached hydrogens (tertiary/aromatic N) is 1. The van der Waals surface area contributed by atoms with Gasteiger partial charge >= 0.3 is 0 Å². The summed E-state index contributed by atoms with van der Waals surface area (Å²) in [5.74, 6) is 0.0749. The van der Waals surface area contributed by atoms with Gasteiger partial charge in [-0.25, -0.2) is 4.39 Å². The summed E-state index contributed by atoms with van der Waals surface area (Å²) in [6, 6.07) is 12.9.